The Morgan fingerprint density at radius 2 is 2.11 bits per heavy atom. The van der Waals surface area contributed by atoms with Gasteiger partial charge in [-0.25, -0.2) is 4.79 Å². The lowest BCUT2D eigenvalue weighted by atomic mass is 10.1. The molecule has 7 heteroatoms. The van der Waals surface area contributed by atoms with E-state index in [4.69, 9.17) is 23.2 Å². The van der Waals surface area contributed by atoms with E-state index in [1.165, 1.54) is 18.4 Å². The molecule has 0 aliphatic heterocycles. The Labute approximate surface area is 117 Å². The first-order valence-electron chi connectivity index (χ1n) is 4.98. The van der Waals surface area contributed by atoms with Gasteiger partial charge in [-0.1, -0.05) is 23.2 Å². The van der Waals surface area contributed by atoms with Crippen LogP contribution in [0.15, 0.2) is 6.07 Å². The molecule has 0 unspecified atom stereocenters. The van der Waals surface area contributed by atoms with Crippen LogP contribution in [0.4, 0.5) is 0 Å². The summed E-state index contributed by atoms with van der Waals surface area (Å²) >= 11 is 12.6. The largest absolute Gasteiger partial charge is 0.464 e. The molecule has 2 heterocycles. The number of halogens is 2. The Balaban J connectivity index is 2.59. The molecule has 0 saturated heterocycles. The van der Waals surface area contributed by atoms with E-state index in [1.54, 1.807) is 13.0 Å². The van der Waals surface area contributed by atoms with Crippen molar-refractivity contribution in [2.75, 3.05) is 7.11 Å². The van der Waals surface area contributed by atoms with Crippen molar-refractivity contribution >= 4 is 56.5 Å². The number of aryl methyl sites for hydroxylation is 1. The van der Waals surface area contributed by atoms with Gasteiger partial charge in [0.05, 0.1) is 22.9 Å². The van der Waals surface area contributed by atoms with E-state index in [0.717, 1.165) is 9.58 Å². The SMILES string of the molecule is COC(=O)c1cc2sc(C)c(C(=O)C(Cl)Cl)c2[nH]1. The molecule has 0 fully saturated rings. The quantitative estimate of drug-likeness (QED) is 0.537. The number of aromatic amines is 1. The zero-order valence-electron chi connectivity index (χ0n) is 9.54. The third-order valence-electron chi connectivity index (χ3n) is 2.50. The first-order chi connectivity index (χ1) is 8.45. The number of alkyl halides is 2. The molecule has 0 aliphatic rings. The number of methoxy groups -OCH3 is 1. The lowest BCUT2D eigenvalue weighted by molar-refractivity contribution is 0.0595. The molecule has 96 valence electrons. The summed E-state index contributed by atoms with van der Waals surface area (Å²) in [5.74, 6) is -0.858. The van der Waals surface area contributed by atoms with Gasteiger partial charge in [0.2, 0.25) is 0 Å². The molecule has 18 heavy (non-hydrogen) atoms. The smallest absolute Gasteiger partial charge is 0.354 e. The van der Waals surface area contributed by atoms with Gasteiger partial charge in [-0.05, 0) is 13.0 Å². The number of H-pyrrole nitrogens is 1. The van der Waals surface area contributed by atoms with Crippen LogP contribution < -0.4 is 0 Å². The number of aromatic nitrogens is 1. The topological polar surface area (TPSA) is 59.2 Å². The third-order valence-corrected chi connectivity index (χ3v) is 3.95. The van der Waals surface area contributed by atoms with Crippen molar-refractivity contribution in [3.8, 4) is 0 Å². The van der Waals surface area contributed by atoms with Gasteiger partial charge in [0.1, 0.15) is 5.69 Å². The summed E-state index contributed by atoms with van der Waals surface area (Å²) in [5.41, 5.74) is 1.31. The molecule has 2 aromatic heterocycles. The van der Waals surface area contributed by atoms with E-state index in [9.17, 15) is 9.59 Å². The number of ether oxygens (including phenoxy) is 1. The van der Waals surface area contributed by atoms with Crippen LogP contribution in [0.3, 0.4) is 0 Å². The summed E-state index contributed by atoms with van der Waals surface area (Å²) in [6.45, 7) is 1.81. The zero-order valence-corrected chi connectivity index (χ0v) is 11.9. The van der Waals surface area contributed by atoms with Crippen LogP contribution in [-0.2, 0) is 4.74 Å². The molecule has 2 rings (SSSR count). The van der Waals surface area contributed by atoms with E-state index < -0.39 is 10.8 Å². The van der Waals surface area contributed by atoms with Crippen molar-refractivity contribution in [1.82, 2.24) is 4.98 Å². The molecule has 0 aliphatic carbocycles. The summed E-state index contributed by atoms with van der Waals surface area (Å²) in [5, 5.41) is 0. The molecular weight excluding hydrogens is 297 g/mol. The number of ketones is 1. The second-order valence-electron chi connectivity index (χ2n) is 3.61. The standard InChI is InChI=1S/C11H9Cl2NO3S/c1-4-7(9(15)10(12)13)8-6(18-4)3-5(14-8)11(16)17-2/h3,10,14H,1-2H3. The number of hydrogen-bond acceptors (Lipinski definition) is 4. The minimum atomic E-state index is -1.12. The van der Waals surface area contributed by atoms with E-state index in [2.05, 4.69) is 9.72 Å². The highest BCUT2D eigenvalue weighted by molar-refractivity contribution is 7.19. The number of hydrogen-bond donors (Lipinski definition) is 1. The van der Waals surface area contributed by atoms with Crippen molar-refractivity contribution in [3.05, 3.63) is 22.2 Å². The number of nitrogens with one attached hydrogen (secondary N) is 1. The van der Waals surface area contributed by atoms with Crippen molar-refractivity contribution in [3.63, 3.8) is 0 Å². The molecule has 0 saturated carbocycles. The highest BCUT2D eigenvalue weighted by Gasteiger charge is 2.24. The van der Waals surface area contributed by atoms with Crippen LogP contribution in [-0.4, -0.2) is 28.7 Å². The summed E-state index contributed by atoms with van der Waals surface area (Å²) in [6.07, 6.45) is 0. The number of thiophene rings is 1. The summed E-state index contributed by atoms with van der Waals surface area (Å²) in [6, 6.07) is 1.65. The second-order valence-corrected chi connectivity index (χ2v) is 5.96. The minimum Gasteiger partial charge on any atom is -0.464 e. The summed E-state index contributed by atoms with van der Waals surface area (Å²) in [4.78, 5) is 25.9. The van der Waals surface area contributed by atoms with E-state index in [1.807, 2.05) is 0 Å². The lowest BCUT2D eigenvalue weighted by Crippen LogP contribution is -2.09. The normalized spacial score (nSPS) is 11.2. The molecule has 0 amide bonds. The molecule has 1 N–H and O–H groups in total. The molecule has 0 spiro atoms. The van der Waals surface area contributed by atoms with Gasteiger partial charge in [-0.2, -0.15) is 0 Å². The first kappa shape index (κ1) is 13.4. The van der Waals surface area contributed by atoms with Crippen molar-refractivity contribution in [1.29, 1.82) is 0 Å². The van der Waals surface area contributed by atoms with Crippen molar-refractivity contribution < 1.29 is 14.3 Å². The van der Waals surface area contributed by atoms with Gasteiger partial charge < -0.3 is 9.72 Å². The lowest BCUT2D eigenvalue weighted by Gasteiger charge is -2.00. The van der Waals surface area contributed by atoms with E-state index in [0.29, 0.717) is 16.8 Å². The van der Waals surface area contributed by atoms with Crippen molar-refractivity contribution in [2.24, 2.45) is 0 Å². The van der Waals surface area contributed by atoms with Gasteiger partial charge in [0.15, 0.2) is 10.6 Å². The average Bonchev–Trinajstić information content (AvgIpc) is 2.83. The average molecular weight is 306 g/mol. The van der Waals surface area contributed by atoms with Crippen LogP contribution in [0.1, 0.15) is 25.7 Å². The number of fused-ring (bicyclic) bond motifs is 1. The highest BCUT2D eigenvalue weighted by Crippen LogP contribution is 2.33. The van der Waals surface area contributed by atoms with Gasteiger partial charge in [-0.15, -0.1) is 11.3 Å². The monoisotopic (exact) mass is 305 g/mol. The second kappa shape index (κ2) is 4.91. The van der Waals surface area contributed by atoms with Crippen LogP contribution in [0.2, 0.25) is 0 Å². The van der Waals surface area contributed by atoms with Gasteiger partial charge in [0, 0.05) is 4.88 Å². The van der Waals surface area contributed by atoms with Crippen LogP contribution in [0.5, 0.6) is 0 Å². The minimum absolute atomic E-state index is 0.300. The maximum atomic E-state index is 11.9. The molecule has 0 bridgehead atoms. The van der Waals surface area contributed by atoms with Gasteiger partial charge in [0.25, 0.3) is 0 Å². The fourth-order valence-corrected chi connectivity index (χ4v) is 3.00. The molecule has 0 aromatic carbocycles. The van der Waals surface area contributed by atoms with Crippen LogP contribution in [0.25, 0.3) is 10.2 Å². The van der Waals surface area contributed by atoms with E-state index >= 15 is 0 Å². The fraction of sp³-hybridized carbons (Fsp3) is 0.273. The van der Waals surface area contributed by atoms with E-state index in [-0.39, 0.29) is 5.78 Å². The first-order valence-corrected chi connectivity index (χ1v) is 6.67. The fourth-order valence-electron chi connectivity index (χ4n) is 1.72. The number of carbonyl (C=O) groups is 2. The maximum Gasteiger partial charge on any atom is 0.354 e. The van der Waals surface area contributed by atoms with Crippen LogP contribution >= 0.6 is 34.5 Å². The zero-order chi connectivity index (χ0) is 13.4. The Morgan fingerprint density at radius 3 is 2.67 bits per heavy atom. The predicted octanol–water partition coefficient (Wildman–Crippen LogP) is 3.31. The Morgan fingerprint density at radius 1 is 1.44 bits per heavy atom. The van der Waals surface area contributed by atoms with Crippen molar-refractivity contribution in [2.45, 2.75) is 11.8 Å². The van der Waals surface area contributed by atoms with Gasteiger partial charge >= 0.3 is 5.97 Å². The Bertz CT molecular complexity index is 630. The molecule has 0 atom stereocenters. The number of carbonyl (C=O) groups excluding carboxylic acids is 2. The molecule has 2 aromatic rings. The summed E-state index contributed by atoms with van der Waals surface area (Å²) < 4.78 is 5.41. The van der Waals surface area contributed by atoms with Crippen LogP contribution in [0, 0.1) is 6.92 Å². The maximum absolute atomic E-state index is 11.9. The number of esters is 1. The molecular formula is C11H9Cl2NO3S. The summed E-state index contributed by atoms with van der Waals surface area (Å²) in [7, 11) is 1.29. The Kier molecular flexibility index (Phi) is 3.66. The Hall–Kier alpha value is -1.04. The number of rotatable bonds is 3. The van der Waals surface area contributed by atoms with Gasteiger partial charge in [-0.3, -0.25) is 4.79 Å². The number of Topliss-reactive ketones (excluding diaryl/α,β-unsaturated/α-hetero) is 1. The molecule has 4 nitrogen and oxygen atoms in total. The predicted molar refractivity (Wildman–Crippen MR) is 72.1 cm³/mol. The third kappa shape index (κ3) is 2.13. The highest BCUT2D eigenvalue weighted by atomic mass is 35.5. The molecule has 0 radical (unpaired) electrons.